The molecule has 29 heavy (non-hydrogen) atoms. The maximum Gasteiger partial charge on any atom is 0.268 e. The van der Waals surface area contributed by atoms with Crippen LogP contribution in [0.5, 0.6) is 0 Å². The molecule has 2 amide bonds. The molecule has 0 aliphatic heterocycles. The normalized spacial score (nSPS) is 11.7. The van der Waals surface area contributed by atoms with Crippen LogP contribution in [0.25, 0.3) is 0 Å². The first-order valence-electron chi connectivity index (χ1n) is 8.78. The van der Waals surface area contributed by atoms with Crippen LogP contribution in [0.2, 0.25) is 0 Å². The molecule has 0 aliphatic carbocycles. The summed E-state index contributed by atoms with van der Waals surface area (Å²) in [4.78, 5) is 23.7. The number of carbonyl (C=O) groups is 2. The van der Waals surface area contributed by atoms with Crippen molar-refractivity contribution in [3.8, 4) is 23.7 Å². The highest BCUT2D eigenvalue weighted by Gasteiger charge is 2.25. The lowest BCUT2D eigenvalue weighted by molar-refractivity contribution is -0.133. The lowest BCUT2D eigenvalue weighted by Crippen LogP contribution is -2.51. The summed E-state index contributed by atoms with van der Waals surface area (Å²) in [5.41, 5.74) is 9.76. The molecule has 0 bridgehead atoms. The molecule has 7 nitrogen and oxygen atoms in total. The van der Waals surface area contributed by atoms with Crippen LogP contribution >= 0.6 is 0 Å². The standard InChI is InChI=1S/C22H21N3O4/c1-15(26)20(22(28)25-29)24-21(27)19-11-9-16(10-12-19)5-2-3-6-17-7-4-8-18(13-17)14-23/h4,7-13,15,20,26,29H,14,23H2,1H3,(H,24,27)(H,25,28). The van der Waals surface area contributed by atoms with Crippen LogP contribution in [0.4, 0.5) is 0 Å². The van der Waals surface area contributed by atoms with Crippen molar-refractivity contribution in [2.24, 2.45) is 5.73 Å². The zero-order valence-electron chi connectivity index (χ0n) is 15.8. The Balaban J connectivity index is 2.04. The largest absolute Gasteiger partial charge is 0.391 e. The highest BCUT2D eigenvalue weighted by atomic mass is 16.5. The average Bonchev–Trinajstić information content (AvgIpc) is 2.74. The Kier molecular flexibility index (Phi) is 7.96. The van der Waals surface area contributed by atoms with Crippen molar-refractivity contribution in [3.63, 3.8) is 0 Å². The molecular formula is C22H21N3O4. The van der Waals surface area contributed by atoms with Gasteiger partial charge in [-0.05, 0) is 60.7 Å². The van der Waals surface area contributed by atoms with Crippen LogP contribution in [0.15, 0.2) is 48.5 Å². The summed E-state index contributed by atoms with van der Waals surface area (Å²) in [6.07, 6.45) is -1.18. The van der Waals surface area contributed by atoms with Crippen LogP contribution < -0.4 is 16.5 Å². The van der Waals surface area contributed by atoms with Gasteiger partial charge in [0.1, 0.15) is 6.04 Å². The van der Waals surface area contributed by atoms with Crippen molar-refractivity contribution in [1.29, 1.82) is 0 Å². The molecule has 2 rings (SSSR count). The zero-order valence-corrected chi connectivity index (χ0v) is 15.8. The molecule has 0 saturated carbocycles. The minimum atomic E-state index is -1.28. The SMILES string of the molecule is CC(O)C(NC(=O)c1ccc(C#CC#Cc2cccc(CN)c2)cc1)C(=O)NO. The van der Waals surface area contributed by atoms with Crippen molar-refractivity contribution in [1.82, 2.24) is 10.8 Å². The number of nitrogens with two attached hydrogens (primary N) is 1. The molecule has 2 aromatic carbocycles. The van der Waals surface area contributed by atoms with Crippen LogP contribution in [0.3, 0.4) is 0 Å². The molecule has 2 unspecified atom stereocenters. The first-order valence-corrected chi connectivity index (χ1v) is 8.78. The quantitative estimate of drug-likeness (QED) is 0.289. The second-order valence-corrected chi connectivity index (χ2v) is 6.15. The van der Waals surface area contributed by atoms with Crippen molar-refractivity contribution >= 4 is 11.8 Å². The van der Waals surface area contributed by atoms with Gasteiger partial charge in [-0.2, -0.15) is 0 Å². The number of benzene rings is 2. The predicted octanol–water partition coefficient (Wildman–Crippen LogP) is 0.533. The van der Waals surface area contributed by atoms with Gasteiger partial charge < -0.3 is 16.2 Å². The van der Waals surface area contributed by atoms with Gasteiger partial charge in [0.05, 0.1) is 6.10 Å². The third kappa shape index (κ3) is 6.49. The van der Waals surface area contributed by atoms with E-state index in [1.807, 2.05) is 24.3 Å². The Morgan fingerprint density at radius 2 is 1.72 bits per heavy atom. The molecular weight excluding hydrogens is 370 g/mol. The van der Waals surface area contributed by atoms with Crippen LogP contribution in [-0.4, -0.2) is 34.3 Å². The summed E-state index contributed by atoms with van der Waals surface area (Å²) in [5, 5.41) is 20.6. The number of hydroxylamine groups is 1. The number of amides is 2. The average molecular weight is 391 g/mol. The van der Waals surface area contributed by atoms with Crippen LogP contribution in [0.1, 0.15) is 34.0 Å². The fourth-order valence-corrected chi connectivity index (χ4v) is 2.39. The molecule has 0 heterocycles. The van der Waals surface area contributed by atoms with Gasteiger partial charge in [-0.1, -0.05) is 24.0 Å². The van der Waals surface area contributed by atoms with E-state index in [1.165, 1.54) is 24.5 Å². The van der Waals surface area contributed by atoms with E-state index in [2.05, 4.69) is 29.0 Å². The van der Waals surface area contributed by atoms with Gasteiger partial charge in [0.15, 0.2) is 0 Å². The fourth-order valence-electron chi connectivity index (χ4n) is 2.39. The van der Waals surface area contributed by atoms with Crippen LogP contribution in [-0.2, 0) is 11.3 Å². The van der Waals surface area contributed by atoms with Gasteiger partial charge in [0.25, 0.3) is 11.8 Å². The number of nitrogens with one attached hydrogen (secondary N) is 2. The van der Waals surface area contributed by atoms with Crippen molar-refractivity contribution in [3.05, 3.63) is 70.8 Å². The van der Waals surface area contributed by atoms with Gasteiger partial charge in [-0.15, -0.1) is 0 Å². The lowest BCUT2D eigenvalue weighted by Gasteiger charge is -2.19. The topological polar surface area (TPSA) is 125 Å². The third-order valence-corrected chi connectivity index (χ3v) is 3.95. The number of carbonyl (C=O) groups excluding carboxylic acids is 2. The van der Waals surface area contributed by atoms with E-state index >= 15 is 0 Å². The van der Waals surface area contributed by atoms with Gasteiger partial charge >= 0.3 is 0 Å². The number of aliphatic hydroxyl groups excluding tert-OH is 1. The number of aliphatic hydroxyl groups is 1. The molecule has 0 saturated heterocycles. The van der Waals surface area contributed by atoms with E-state index in [4.69, 9.17) is 10.9 Å². The molecule has 2 aromatic rings. The zero-order chi connectivity index (χ0) is 21.2. The molecule has 0 radical (unpaired) electrons. The summed E-state index contributed by atoms with van der Waals surface area (Å²) in [6.45, 7) is 1.77. The lowest BCUT2D eigenvalue weighted by atomic mass is 10.1. The Bertz CT molecular complexity index is 992. The van der Waals surface area contributed by atoms with E-state index < -0.39 is 24.0 Å². The summed E-state index contributed by atoms with van der Waals surface area (Å²) in [7, 11) is 0. The van der Waals surface area contributed by atoms with Gasteiger partial charge in [0, 0.05) is 23.2 Å². The Morgan fingerprint density at radius 1 is 1.07 bits per heavy atom. The van der Waals surface area contributed by atoms with Crippen LogP contribution in [0, 0.1) is 23.7 Å². The van der Waals surface area contributed by atoms with Crippen molar-refractivity contribution in [2.45, 2.75) is 25.6 Å². The van der Waals surface area contributed by atoms with E-state index in [9.17, 15) is 14.7 Å². The minimum Gasteiger partial charge on any atom is -0.391 e. The number of hydrogen-bond acceptors (Lipinski definition) is 5. The first-order chi connectivity index (χ1) is 13.9. The molecule has 0 aliphatic rings. The molecule has 0 fully saturated rings. The van der Waals surface area contributed by atoms with Gasteiger partial charge in [0.2, 0.25) is 0 Å². The molecule has 2 atom stereocenters. The van der Waals surface area contributed by atoms with E-state index in [-0.39, 0.29) is 5.56 Å². The molecule has 6 N–H and O–H groups in total. The summed E-state index contributed by atoms with van der Waals surface area (Å²) in [5.74, 6) is 9.86. The fraction of sp³-hybridized carbons (Fsp3) is 0.182. The molecule has 7 heteroatoms. The predicted molar refractivity (Wildman–Crippen MR) is 107 cm³/mol. The monoisotopic (exact) mass is 391 g/mol. The van der Waals surface area contributed by atoms with Gasteiger partial charge in [-0.25, -0.2) is 5.48 Å². The maximum absolute atomic E-state index is 12.2. The Hall–Kier alpha value is -3.62. The van der Waals surface area contributed by atoms with Crippen molar-refractivity contribution < 1.29 is 19.9 Å². The smallest absolute Gasteiger partial charge is 0.268 e. The van der Waals surface area contributed by atoms with Gasteiger partial charge in [-0.3, -0.25) is 14.8 Å². The minimum absolute atomic E-state index is 0.275. The number of hydrogen-bond donors (Lipinski definition) is 5. The molecule has 0 spiro atoms. The third-order valence-electron chi connectivity index (χ3n) is 3.95. The van der Waals surface area contributed by atoms with Crippen molar-refractivity contribution in [2.75, 3.05) is 0 Å². The Labute approximate surface area is 168 Å². The highest BCUT2D eigenvalue weighted by Crippen LogP contribution is 2.05. The highest BCUT2D eigenvalue weighted by molar-refractivity contribution is 5.97. The second kappa shape index (κ2) is 10.6. The first kappa shape index (κ1) is 21.7. The summed E-state index contributed by atoms with van der Waals surface area (Å²) >= 11 is 0. The van der Waals surface area contributed by atoms with E-state index in [1.54, 1.807) is 12.1 Å². The Morgan fingerprint density at radius 3 is 2.31 bits per heavy atom. The maximum atomic E-state index is 12.2. The van der Waals surface area contributed by atoms with E-state index in [0.717, 1.165) is 11.1 Å². The summed E-state index contributed by atoms with van der Waals surface area (Å²) in [6, 6.07) is 12.7. The summed E-state index contributed by atoms with van der Waals surface area (Å²) < 4.78 is 0. The van der Waals surface area contributed by atoms with E-state index in [0.29, 0.717) is 12.1 Å². The molecule has 0 aromatic heterocycles. The number of rotatable bonds is 5. The molecule has 148 valence electrons. The second-order valence-electron chi connectivity index (χ2n) is 6.15.